The lowest BCUT2D eigenvalue weighted by Crippen LogP contribution is -2.42. The quantitative estimate of drug-likeness (QED) is 0.794. The van der Waals surface area contributed by atoms with Crippen LogP contribution >= 0.6 is 0 Å². The third kappa shape index (κ3) is 2.64. The number of carbonyl (C=O) groups is 2. The molecule has 1 amide bonds. The number of carbonyl (C=O) groups excluding carboxylic acids is 2. The van der Waals surface area contributed by atoms with E-state index in [4.69, 9.17) is 4.74 Å². The Morgan fingerprint density at radius 3 is 2.65 bits per heavy atom. The van der Waals surface area contributed by atoms with Gasteiger partial charge in [0.25, 0.3) is 0 Å². The minimum atomic E-state index is -0.410. The van der Waals surface area contributed by atoms with Crippen LogP contribution in [0.1, 0.15) is 12.5 Å². The Kier molecular flexibility index (Phi) is 3.42. The monoisotopic (exact) mass is 233 g/mol. The van der Waals surface area contributed by atoms with E-state index in [1.165, 1.54) is 11.8 Å². The Hall–Kier alpha value is -1.84. The second kappa shape index (κ2) is 4.99. The molecule has 0 saturated carbocycles. The van der Waals surface area contributed by atoms with Crippen LogP contribution in [0.5, 0.6) is 0 Å². The van der Waals surface area contributed by atoms with Crippen LogP contribution in [0.4, 0.5) is 4.79 Å². The third-order valence-electron chi connectivity index (χ3n) is 2.91. The number of Topliss-reactive ketones (excluding diaryl/α,β-unsaturated/α-hetero) is 1. The molecule has 4 nitrogen and oxygen atoms in total. The summed E-state index contributed by atoms with van der Waals surface area (Å²) in [5, 5.41) is 0. The van der Waals surface area contributed by atoms with Crippen molar-refractivity contribution in [2.75, 3.05) is 13.2 Å². The molecule has 17 heavy (non-hydrogen) atoms. The average molecular weight is 233 g/mol. The zero-order chi connectivity index (χ0) is 12.3. The zero-order valence-corrected chi connectivity index (χ0v) is 9.76. The number of rotatable bonds is 4. The largest absolute Gasteiger partial charge is 0.448 e. The van der Waals surface area contributed by atoms with Crippen LogP contribution in [0.15, 0.2) is 30.3 Å². The smallest absolute Gasteiger partial charge is 0.410 e. The van der Waals surface area contributed by atoms with Crippen LogP contribution < -0.4 is 0 Å². The summed E-state index contributed by atoms with van der Waals surface area (Å²) in [6, 6.07) is 9.28. The van der Waals surface area contributed by atoms with E-state index in [1.807, 2.05) is 30.3 Å². The van der Waals surface area contributed by atoms with Gasteiger partial charge in [0.2, 0.25) is 0 Å². The number of amides is 1. The van der Waals surface area contributed by atoms with Crippen LogP contribution in [0.3, 0.4) is 0 Å². The maximum absolute atomic E-state index is 11.6. The molecule has 4 heteroatoms. The molecule has 1 heterocycles. The normalized spacial score (nSPS) is 16.8. The van der Waals surface area contributed by atoms with E-state index < -0.39 is 6.04 Å². The minimum Gasteiger partial charge on any atom is -0.448 e. The number of nitrogens with zero attached hydrogens (tertiary/aromatic N) is 1. The molecule has 1 saturated heterocycles. The summed E-state index contributed by atoms with van der Waals surface area (Å²) < 4.78 is 4.87. The fourth-order valence-electron chi connectivity index (χ4n) is 2.00. The van der Waals surface area contributed by atoms with Crippen molar-refractivity contribution in [1.82, 2.24) is 4.90 Å². The molecular formula is C13H15NO3. The highest BCUT2D eigenvalue weighted by molar-refractivity contribution is 5.86. The first kappa shape index (κ1) is 11.6. The molecule has 1 aliphatic rings. The molecule has 90 valence electrons. The van der Waals surface area contributed by atoms with Crippen molar-refractivity contribution >= 4 is 11.9 Å². The molecule has 0 aliphatic carbocycles. The van der Waals surface area contributed by atoms with Gasteiger partial charge in [0.15, 0.2) is 5.78 Å². The SMILES string of the molecule is CC(=O)C(Cc1ccccc1)N1CCOC1=O. The van der Waals surface area contributed by atoms with Crippen molar-refractivity contribution in [3.05, 3.63) is 35.9 Å². The molecule has 1 aromatic carbocycles. The molecule has 1 atom stereocenters. The molecule has 0 N–H and O–H groups in total. The van der Waals surface area contributed by atoms with Gasteiger partial charge in [-0.3, -0.25) is 9.69 Å². The van der Waals surface area contributed by atoms with E-state index in [0.29, 0.717) is 19.6 Å². The number of ether oxygens (including phenoxy) is 1. The number of hydrogen-bond donors (Lipinski definition) is 0. The first-order valence-corrected chi connectivity index (χ1v) is 5.66. The fraction of sp³-hybridized carbons (Fsp3) is 0.385. The highest BCUT2D eigenvalue weighted by Crippen LogP contribution is 2.14. The molecule has 2 rings (SSSR count). The van der Waals surface area contributed by atoms with E-state index >= 15 is 0 Å². The second-order valence-electron chi connectivity index (χ2n) is 4.12. The number of hydrogen-bond acceptors (Lipinski definition) is 3. The van der Waals surface area contributed by atoms with Gasteiger partial charge in [-0.25, -0.2) is 4.79 Å². The van der Waals surface area contributed by atoms with E-state index in [0.717, 1.165) is 5.56 Å². The highest BCUT2D eigenvalue weighted by atomic mass is 16.6. The number of cyclic esters (lactones) is 1. The first-order valence-electron chi connectivity index (χ1n) is 5.66. The lowest BCUT2D eigenvalue weighted by Gasteiger charge is -2.23. The van der Waals surface area contributed by atoms with Crippen molar-refractivity contribution in [2.24, 2.45) is 0 Å². The van der Waals surface area contributed by atoms with Gasteiger partial charge in [0, 0.05) is 6.42 Å². The maximum atomic E-state index is 11.6. The predicted molar refractivity (Wildman–Crippen MR) is 62.7 cm³/mol. The molecule has 0 spiro atoms. The molecule has 0 radical (unpaired) electrons. The molecule has 1 aromatic rings. The summed E-state index contributed by atoms with van der Waals surface area (Å²) in [6.07, 6.45) is 0.159. The lowest BCUT2D eigenvalue weighted by atomic mass is 10.0. The lowest BCUT2D eigenvalue weighted by molar-refractivity contribution is -0.121. The number of ketones is 1. The third-order valence-corrected chi connectivity index (χ3v) is 2.91. The van der Waals surface area contributed by atoms with Crippen LogP contribution in [0, 0.1) is 0 Å². The Labute approximate surface area is 100 Å². The van der Waals surface area contributed by atoms with Crippen LogP contribution in [-0.4, -0.2) is 36.0 Å². The standard InChI is InChI=1S/C13H15NO3/c1-10(15)12(14-7-8-17-13(14)16)9-11-5-3-2-4-6-11/h2-6,12H,7-9H2,1H3. The molecule has 0 aromatic heterocycles. The van der Waals surface area contributed by atoms with E-state index in [1.54, 1.807) is 0 Å². The van der Waals surface area contributed by atoms with Crippen molar-refractivity contribution in [1.29, 1.82) is 0 Å². The first-order chi connectivity index (χ1) is 8.18. The van der Waals surface area contributed by atoms with E-state index in [-0.39, 0.29) is 11.9 Å². The molecule has 1 fully saturated rings. The predicted octanol–water partition coefficient (Wildman–Crippen LogP) is 1.64. The van der Waals surface area contributed by atoms with Crippen molar-refractivity contribution in [3.63, 3.8) is 0 Å². The summed E-state index contributed by atoms with van der Waals surface area (Å²) in [4.78, 5) is 24.6. The van der Waals surface area contributed by atoms with Crippen molar-refractivity contribution in [3.8, 4) is 0 Å². The second-order valence-corrected chi connectivity index (χ2v) is 4.12. The van der Waals surface area contributed by atoms with Crippen LogP contribution in [-0.2, 0) is 16.0 Å². The summed E-state index contributed by atoms with van der Waals surface area (Å²) in [5.74, 6) is -0.00676. The molecule has 0 bridgehead atoms. The maximum Gasteiger partial charge on any atom is 0.410 e. The van der Waals surface area contributed by atoms with Gasteiger partial charge >= 0.3 is 6.09 Å². The Morgan fingerprint density at radius 1 is 1.41 bits per heavy atom. The number of benzene rings is 1. The van der Waals surface area contributed by atoms with E-state index in [9.17, 15) is 9.59 Å². The van der Waals surface area contributed by atoms with Gasteiger partial charge < -0.3 is 4.74 Å². The average Bonchev–Trinajstić information content (AvgIpc) is 2.73. The Balaban J connectivity index is 2.13. The summed E-state index contributed by atoms with van der Waals surface area (Å²) in [5.41, 5.74) is 1.05. The summed E-state index contributed by atoms with van der Waals surface area (Å²) >= 11 is 0. The van der Waals surface area contributed by atoms with Gasteiger partial charge in [0.1, 0.15) is 6.61 Å². The summed E-state index contributed by atoms with van der Waals surface area (Å²) in [6.45, 7) is 2.38. The minimum absolute atomic E-state index is 0.00676. The van der Waals surface area contributed by atoms with Crippen LogP contribution in [0.25, 0.3) is 0 Å². The zero-order valence-electron chi connectivity index (χ0n) is 9.76. The molecule has 1 unspecified atom stereocenters. The molecule has 1 aliphatic heterocycles. The highest BCUT2D eigenvalue weighted by Gasteiger charge is 2.32. The Morgan fingerprint density at radius 2 is 2.12 bits per heavy atom. The van der Waals surface area contributed by atoms with Crippen molar-refractivity contribution < 1.29 is 14.3 Å². The Bertz CT molecular complexity index is 416. The van der Waals surface area contributed by atoms with Crippen molar-refractivity contribution in [2.45, 2.75) is 19.4 Å². The topological polar surface area (TPSA) is 46.6 Å². The van der Waals surface area contributed by atoms with E-state index in [2.05, 4.69) is 0 Å². The van der Waals surface area contributed by atoms with Gasteiger partial charge in [-0.1, -0.05) is 30.3 Å². The van der Waals surface area contributed by atoms with Crippen LogP contribution in [0.2, 0.25) is 0 Å². The van der Waals surface area contributed by atoms with Gasteiger partial charge in [0.05, 0.1) is 12.6 Å². The molecular weight excluding hydrogens is 218 g/mol. The van der Waals surface area contributed by atoms with Gasteiger partial charge in [-0.05, 0) is 12.5 Å². The van der Waals surface area contributed by atoms with Gasteiger partial charge in [-0.15, -0.1) is 0 Å². The summed E-state index contributed by atoms with van der Waals surface area (Å²) in [7, 11) is 0. The fourth-order valence-corrected chi connectivity index (χ4v) is 2.00. The van der Waals surface area contributed by atoms with Gasteiger partial charge in [-0.2, -0.15) is 0 Å².